The van der Waals surface area contributed by atoms with Gasteiger partial charge in [-0.05, 0) is 41.5 Å². The maximum absolute atomic E-state index is 12.4. The minimum Gasteiger partial charge on any atom is -0.488 e. The van der Waals surface area contributed by atoms with Gasteiger partial charge in [0.2, 0.25) is 0 Å². The van der Waals surface area contributed by atoms with Crippen LogP contribution in [0.3, 0.4) is 0 Å². The van der Waals surface area contributed by atoms with Crippen LogP contribution in [0.2, 0.25) is 0 Å². The molecule has 0 saturated carbocycles. The van der Waals surface area contributed by atoms with E-state index in [0.29, 0.717) is 24.5 Å². The highest BCUT2D eigenvalue weighted by Gasteiger charge is 2.10. The third kappa shape index (κ3) is 6.61. The molecule has 0 unspecified atom stereocenters. The Kier molecular flexibility index (Phi) is 7.63. The van der Waals surface area contributed by atoms with Crippen LogP contribution >= 0.6 is 15.9 Å². The van der Waals surface area contributed by atoms with Gasteiger partial charge in [0, 0.05) is 28.4 Å². The first-order valence-electron chi connectivity index (χ1n) is 10.5. The second-order valence-corrected chi connectivity index (χ2v) is 8.39. The standard InChI is InChI=1S/C25H20BrN5O4/c26-21-9-5-19(6-10-21)17-35-24-4-2-1-3-20(24)15-27-28-25(32)23-13-14-30(29-23)16-18-7-11-22(12-8-18)31(33)34/h1-15H,16-17H2,(H,28,32)/b27-15-. The molecule has 1 N–H and O–H groups in total. The summed E-state index contributed by atoms with van der Waals surface area (Å²) < 4.78 is 8.49. The third-order valence-electron chi connectivity index (χ3n) is 4.96. The number of benzene rings is 3. The van der Waals surface area contributed by atoms with Crippen molar-refractivity contribution < 1.29 is 14.5 Å². The van der Waals surface area contributed by atoms with E-state index in [0.717, 1.165) is 15.6 Å². The zero-order chi connectivity index (χ0) is 24.6. The van der Waals surface area contributed by atoms with Crippen LogP contribution in [-0.2, 0) is 13.2 Å². The minimum atomic E-state index is -0.461. The molecule has 0 aliphatic heterocycles. The Morgan fingerprint density at radius 3 is 2.51 bits per heavy atom. The Hall–Kier alpha value is -4.31. The highest BCUT2D eigenvalue weighted by atomic mass is 79.9. The van der Waals surface area contributed by atoms with Crippen LogP contribution in [0.25, 0.3) is 0 Å². The number of ether oxygens (including phenoxy) is 1. The lowest BCUT2D eigenvalue weighted by Gasteiger charge is -2.09. The number of hydrogen-bond acceptors (Lipinski definition) is 6. The largest absolute Gasteiger partial charge is 0.488 e. The lowest BCUT2D eigenvalue weighted by molar-refractivity contribution is -0.384. The first-order valence-corrected chi connectivity index (χ1v) is 11.3. The number of rotatable bonds is 9. The Bertz CT molecular complexity index is 1350. The molecule has 0 atom stereocenters. The number of non-ortho nitro benzene ring substituents is 1. The molecule has 0 radical (unpaired) electrons. The SMILES string of the molecule is O=C(N/N=C\c1ccccc1OCc1ccc(Br)cc1)c1ccn(Cc2ccc([N+](=O)[O-])cc2)n1. The Balaban J connectivity index is 1.33. The van der Waals surface area contributed by atoms with E-state index in [9.17, 15) is 14.9 Å². The first kappa shape index (κ1) is 23.8. The summed E-state index contributed by atoms with van der Waals surface area (Å²) in [6.07, 6.45) is 3.17. The van der Waals surface area contributed by atoms with Crippen molar-refractivity contribution in [2.24, 2.45) is 5.10 Å². The number of carbonyl (C=O) groups excluding carboxylic acids is 1. The second kappa shape index (κ2) is 11.2. The van der Waals surface area contributed by atoms with Crippen LogP contribution in [0.4, 0.5) is 5.69 Å². The number of nitrogens with zero attached hydrogens (tertiary/aromatic N) is 4. The van der Waals surface area contributed by atoms with Crippen molar-refractivity contribution in [3.63, 3.8) is 0 Å². The zero-order valence-electron chi connectivity index (χ0n) is 18.4. The van der Waals surface area contributed by atoms with E-state index in [2.05, 4.69) is 31.6 Å². The molecule has 10 heteroatoms. The van der Waals surface area contributed by atoms with E-state index in [1.165, 1.54) is 18.3 Å². The molecule has 0 aliphatic rings. The third-order valence-corrected chi connectivity index (χ3v) is 5.49. The number of nitrogens with one attached hydrogen (secondary N) is 1. The molecule has 176 valence electrons. The van der Waals surface area contributed by atoms with Gasteiger partial charge in [-0.2, -0.15) is 10.2 Å². The van der Waals surface area contributed by atoms with Crippen molar-refractivity contribution >= 4 is 33.7 Å². The van der Waals surface area contributed by atoms with Gasteiger partial charge in [-0.15, -0.1) is 0 Å². The van der Waals surface area contributed by atoms with Gasteiger partial charge in [0.25, 0.3) is 11.6 Å². The molecule has 1 aromatic heterocycles. The van der Waals surface area contributed by atoms with Gasteiger partial charge < -0.3 is 4.74 Å². The van der Waals surface area contributed by atoms with E-state index in [1.54, 1.807) is 29.1 Å². The van der Waals surface area contributed by atoms with Gasteiger partial charge in [0.1, 0.15) is 12.4 Å². The summed E-state index contributed by atoms with van der Waals surface area (Å²) in [7, 11) is 0. The van der Waals surface area contributed by atoms with E-state index < -0.39 is 10.8 Å². The van der Waals surface area contributed by atoms with Crippen molar-refractivity contribution in [3.8, 4) is 5.75 Å². The van der Waals surface area contributed by atoms with Crippen LogP contribution in [0.1, 0.15) is 27.2 Å². The van der Waals surface area contributed by atoms with Gasteiger partial charge >= 0.3 is 0 Å². The highest BCUT2D eigenvalue weighted by Crippen LogP contribution is 2.19. The van der Waals surface area contributed by atoms with Crippen LogP contribution in [0.5, 0.6) is 5.75 Å². The molecular formula is C25H20BrN5O4. The van der Waals surface area contributed by atoms with E-state index in [1.807, 2.05) is 48.5 Å². The summed E-state index contributed by atoms with van der Waals surface area (Å²) in [5.41, 5.74) is 5.25. The van der Waals surface area contributed by atoms with Crippen LogP contribution in [-0.4, -0.2) is 26.8 Å². The van der Waals surface area contributed by atoms with Gasteiger partial charge in [-0.25, -0.2) is 5.43 Å². The predicted octanol–water partition coefficient (Wildman–Crippen LogP) is 4.95. The molecule has 1 amide bonds. The number of aromatic nitrogens is 2. The normalized spacial score (nSPS) is 10.9. The molecule has 0 spiro atoms. The smallest absolute Gasteiger partial charge is 0.291 e. The van der Waals surface area contributed by atoms with E-state index in [4.69, 9.17) is 4.74 Å². The molecule has 4 aromatic rings. The number of halogens is 1. The number of hydrogen-bond donors (Lipinski definition) is 1. The summed E-state index contributed by atoms with van der Waals surface area (Å²) in [6, 6.07) is 23.0. The predicted molar refractivity (Wildman–Crippen MR) is 134 cm³/mol. The summed E-state index contributed by atoms with van der Waals surface area (Å²) in [5.74, 6) is 0.178. The highest BCUT2D eigenvalue weighted by molar-refractivity contribution is 9.10. The van der Waals surface area contributed by atoms with Crippen LogP contribution in [0.15, 0.2) is 94.6 Å². The fourth-order valence-corrected chi connectivity index (χ4v) is 3.42. The molecule has 9 nitrogen and oxygen atoms in total. The number of nitro benzene ring substituents is 1. The number of nitro groups is 1. The number of carbonyl (C=O) groups is 1. The Labute approximate surface area is 209 Å². The van der Waals surface area contributed by atoms with Gasteiger partial charge in [0.05, 0.1) is 17.7 Å². The average molecular weight is 534 g/mol. The molecule has 4 rings (SSSR count). The number of amides is 1. The monoisotopic (exact) mass is 533 g/mol. The lowest BCUT2D eigenvalue weighted by atomic mass is 10.2. The molecule has 0 bridgehead atoms. The van der Waals surface area contributed by atoms with Crippen LogP contribution in [0, 0.1) is 10.1 Å². The maximum atomic E-state index is 12.4. The minimum absolute atomic E-state index is 0.0208. The Morgan fingerprint density at radius 1 is 1.06 bits per heavy atom. The summed E-state index contributed by atoms with van der Waals surface area (Å²) in [5, 5.41) is 19.1. The number of hydrazone groups is 1. The van der Waals surface area contributed by atoms with Crippen molar-refractivity contribution in [2.75, 3.05) is 0 Å². The van der Waals surface area contributed by atoms with Crippen LogP contribution < -0.4 is 10.2 Å². The van der Waals surface area contributed by atoms with Gasteiger partial charge in [-0.3, -0.25) is 19.6 Å². The molecule has 0 fully saturated rings. The second-order valence-electron chi connectivity index (χ2n) is 7.47. The van der Waals surface area contributed by atoms with Crippen molar-refractivity contribution in [3.05, 3.63) is 122 Å². The summed E-state index contributed by atoms with van der Waals surface area (Å²) in [4.78, 5) is 22.8. The summed E-state index contributed by atoms with van der Waals surface area (Å²) in [6.45, 7) is 0.772. The maximum Gasteiger partial charge on any atom is 0.291 e. The lowest BCUT2D eigenvalue weighted by Crippen LogP contribution is -2.18. The van der Waals surface area contributed by atoms with Gasteiger partial charge in [-0.1, -0.05) is 52.3 Å². The fraction of sp³-hybridized carbons (Fsp3) is 0.0800. The molecule has 35 heavy (non-hydrogen) atoms. The molecule has 0 saturated heterocycles. The quantitative estimate of drug-likeness (QED) is 0.186. The molecular weight excluding hydrogens is 514 g/mol. The van der Waals surface area contributed by atoms with Crippen molar-refractivity contribution in [1.29, 1.82) is 0 Å². The molecule has 0 aliphatic carbocycles. The number of para-hydroxylation sites is 1. The molecule has 3 aromatic carbocycles. The average Bonchev–Trinajstić information content (AvgIpc) is 3.33. The summed E-state index contributed by atoms with van der Waals surface area (Å²) >= 11 is 3.41. The van der Waals surface area contributed by atoms with Gasteiger partial charge in [0.15, 0.2) is 5.69 Å². The van der Waals surface area contributed by atoms with E-state index >= 15 is 0 Å². The Morgan fingerprint density at radius 2 is 1.77 bits per heavy atom. The fourth-order valence-electron chi connectivity index (χ4n) is 3.16. The topological polar surface area (TPSA) is 112 Å². The molecule has 1 heterocycles. The zero-order valence-corrected chi connectivity index (χ0v) is 20.0. The van der Waals surface area contributed by atoms with E-state index in [-0.39, 0.29) is 11.4 Å². The first-order chi connectivity index (χ1) is 17.0. The van der Waals surface area contributed by atoms with Crippen molar-refractivity contribution in [1.82, 2.24) is 15.2 Å². The van der Waals surface area contributed by atoms with Crippen molar-refractivity contribution in [2.45, 2.75) is 13.2 Å².